The molecule has 3 N–H and O–H groups in total. The molecule has 0 bridgehead atoms. The standard InChI is InChI=1S/C12H17N3O/c1-8-2-5-11(14-7-8)15-12(16)6-10(13)9-3-4-9/h2,5,7,9-10H,3-4,6,13H2,1H3,(H,14,15,16). The van der Waals surface area contributed by atoms with Crippen LogP contribution in [0.1, 0.15) is 24.8 Å². The zero-order chi connectivity index (χ0) is 11.5. The summed E-state index contributed by atoms with van der Waals surface area (Å²) in [6.07, 6.45) is 4.45. The number of aromatic nitrogens is 1. The van der Waals surface area contributed by atoms with Gasteiger partial charge >= 0.3 is 0 Å². The van der Waals surface area contributed by atoms with Gasteiger partial charge in [-0.2, -0.15) is 0 Å². The Hall–Kier alpha value is -1.42. The number of carbonyl (C=O) groups is 1. The van der Waals surface area contributed by atoms with Crippen molar-refractivity contribution < 1.29 is 4.79 Å². The van der Waals surface area contributed by atoms with Crippen LogP contribution in [0.25, 0.3) is 0 Å². The Morgan fingerprint density at radius 3 is 2.94 bits per heavy atom. The highest BCUT2D eigenvalue weighted by Gasteiger charge is 2.29. The first kappa shape index (κ1) is 11.1. The first-order valence-electron chi connectivity index (χ1n) is 5.63. The van der Waals surface area contributed by atoms with Gasteiger partial charge in [0.15, 0.2) is 0 Å². The first-order valence-corrected chi connectivity index (χ1v) is 5.63. The van der Waals surface area contributed by atoms with Crippen molar-refractivity contribution in [1.29, 1.82) is 0 Å². The maximum absolute atomic E-state index is 11.6. The minimum Gasteiger partial charge on any atom is -0.327 e. The Balaban J connectivity index is 1.84. The lowest BCUT2D eigenvalue weighted by molar-refractivity contribution is -0.116. The van der Waals surface area contributed by atoms with Crippen LogP contribution in [0, 0.1) is 12.8 Å². The van der Waals surface area contributed by atoms with Crippen molar-refractivity contribution in [2.45, 2.75) is 32.2 Å². The highest BCUT2D eigenvalue weighted by Crippen LogP contribution is 2.32. The Morgan fingerprint density at radius 2 is 2.38 bits per heavy atom. The molecule has 1 aromatic rings. The van der Waals surface area contributed by atoms with Crippen LogP contribution in [-0.4, -0.2) is 16.9 Å². The maximum atomic E-state index is 11.6. The van der Waals surface area contributed by atoms with E-state index in [0.29, 0.717) is 18.2 Å². The summed E-state index contributed by atoms with van der Waals surface area (Å²) >= 11 is 0. The number of hydrogen-bond donors (Lipinski definition) is 2. The summed E-state index contributed by atoms with van der Waals surface area (Å²) in [7, 11) is 0. The summed E-state index contributed by atoms with van der Waals surface area (Å²) in [6, 6.07) is 3.73. The summed E-state index contributed by atoms with van der Waals surface area (Å²) in [4.78, 5) is 15.7. The van der Waals surface area contributed by atoms with E-state index in [1.54, 1.807) is 12.3 Å². The van der Waals surface area contributed by atoms with Gasteiger partial charge in [-0.1, -0.05) is 6.07 Å². The van der Waals surface area contributed by atoms with Crippen LogP contribution in [0.3, 0.4) is 0 Å². The van der Waals surface area contributed by atoms with E-state index >= 15 is 0 Å². The molecule has 1 atom stereocenters. The molecule has 4 nitrogen and oxygen atoms in total. The van der Waals surface area contributed by atoms with Crippen molar-refractivity contribution in [2.75, 3.05) is 5.32 Å². The predicted octanol–water partition coefficient (Wildman–Crippen LogP) is 1.46. The maximum Gasteiger partial charge on any atom is 0.227 e. The van der Waals surface area contributed by atoms with Crippen LogP contribution in [0.15, 0.2) is 18.3 Å². The van der Waals surface area contributed by atoms with Crippen molar-refractivity contribution in [3.8, 4) is 0 Å². The van der Waals surface area contributed by atoms with Gasteiger partial charge in [-0.15, -0.1) is 0 Å². The van der Waals surface area contributed by atoms with Gasteiger partial charge in [0.1, 0.15) is 5.82 Å². The number of rotatable bonds is 4. The van der Waals surface area contributed by atoms with Crippen LogP contribution in [0.2, 0.25) is 0 Å². The number of amides is 1. The summed E-state index contributed by atoms with van der Waals surface area (Å²) in [5.41, 5.74) is 6.95. The summed E-state index contributed by atoms with van der Waals surface area (Å²) in [5.74, 6) is 1.10. The van der Waals surface area contributed by atoms with Gasteiger partial charge in [-0.25, -0.2) is 4.98 Å². The number of anilines is 1. The molecular formula is C12H17N3O. The topological polar surface area (TPSA) is 68.0 Å². The van der Waals surface area contributed by atoms with Crippen LogP contribution in [0.5, 0.6) is 0 Å². The van der Waals surface area contributed by atoms with Gasteiger partial charge in [-0.05, 0) is 37.3 Å². The van der Waals surface area contributed by atoms with Gasteiger partial charge in [0, 0.05) is 18.7 Å². The number of nitrogens with one attached hydrogen (secondary N) is 1. The van der Waals surface area contributed by atoms with E-state index in [1.165, 1.54) is 0 Å². The molecule has 1 fully saturated rings. The van der Waals surface area contributed by atoms with Crippen molar-refractivity contribution in [2.24, 2.45) is 11.7 Å². The second kappa shape index (κ2) is 4.61. The van der Waals surface area contributed by atoms with Gasteiger partial charge in [0.25, 0.3) is 0 Å². The molecule has 16 heavy (non-hydrogen) atoms. The van der Waals surface area contributed by atoms with E-state index in [2.05, 4.69) is 10.3 Å². The fourth-order valence-electron chi connectivity index (χ4n) is 1.64. The fourth-order valence-corrected chi connectivity index (χ4v) is 1.64. The second-order valence-corrected chi connectivity index (χ2v) is 4.47. The van der Waals surface area contributed by atoms with Crippen molar-refractivity contribution in [1.82, 2.24) is 4.98 Å². The molecule has 1 aliphatic carbocycles. The molecule has 1 amide bonds. The number of carbonyl (C=O) groups excluding carboxylic acids is 1. The monoisotopic (exact) mass is 219 g/mol. The highest BCUT2D eigenvalue weighted by atomic mass is 16.1. The minimum atomic E-state index is -0.0456. The molecule has 1 aliphatic rings. The second-order valence-electron chi connectivity index (χ2n) is 4.47. The quantitative estimate of drug-likeness (QED) is 0.805. The van der Waals surface area contributed by atoms with Gasteiger partial charge < -0.3 is 11.1 Å². The molecule has 86 valence electrons. The summed E-state index contributed by atoms with van der Waals surface area (Å²) in [6.45, 7) is 1.96. The molecule has 0 saturated heterocycles. The number of aryl methyl sites for hydroxylation is 1. The van der Waals surface area contributed by atoms with Crippen LogP contribution in [-0.2, 0) is 4.79 Å². The molecular weight excluding hydrogens is 202 g/mol. The first-order chi connectivity index (χ1) is 7.65. The van der Waals surface area contributed by atoms with Crippen LogP contribution in [0.4, 0.5) is 5.82 Å². The smallest absolute Gasteiger partial charge is 0.227 e. The van der Waals surface area contributed by atoms with E-state index < -0.39 is 0 Å². The molecule has 0 aromatic carbocycles. The molecule has 0 aliphatic heterocycles. The average Bonchev–Trinajstić information content (AvgIpc) is 3.04. The minimum absolute atomic E-state index is 0.00504. The van der Waals surface area contributed by atoms with E-state index in [4.69, 9.17) is 5.73 Å². The Morgan fingerprint density at radius 1 is 1.62 bits per heavy atom. The Labute approximate surface area is 95.3 Å². The van der Waals surface area contributed by atoms with E-state index in [-0.39, 0.29) is 11.9 Å². The van der Waals surface area contributed by atoms with Crippen LogP contribution >= 0.6 is 0 Å². The number of pyridine rings is 1. The number of nitrogens with zero attached hydrogens (tertiary/aromatic N) is 1. The molecule has 1 heterocycles. The van der Waals surface area contributed by atoms with Gasteiger partial charge in [0.2, 0.25) is 5.91 Å². The lowest BCUT2D eigenvalue weighted by Crippen LogP contribution is -2.29. The molecule has 2 rings (SSSR count). The number of nitrogens with two attached hydrogens (primary N) is 1. The van der Waals surface area contributed by atoms with Crippen molar-refractivity contribution in [3.63, 3.8) is 0 Å². The van der Waals surface area contributed by atoms with Crippen molar-refractivity contribution >= 4 is 11.7 Å². The summed E-state index contributed by atoms with van der Waals surface area (Å²) in [5, 5.41) is 2.75. The predicted molar refractivity (Wildman–Crippen MR) is 62.9 cm³/mol. The average molecular weight is 219 g/mol. The molecule has 0 spiro atoms. The van der Waals surface area contributed by atoms with E-state index in [1.807, 2.05) is 13.0 Å². The SMILES string of the molecule is Cc1ccc(NC(=O)CC(N)C2CC2)nc1. The number of hydrogen-bond acceptors (Lipinski definition) is 3. The molecule has 0 radical (unpaired) electrons. The molecule has 1 aromatic heterocycles. The lowest BCUT2D eigenvalue weighted by Gasteiger charge is -2.09. The Bertz CT molecular complexity index is 370. The van der Waals surface area contributed by atoms with Crippen molar-refractivity contribution in [3.05, 3.63) is 23.9 Å². The normalized spacial score (nSPS) is 16.9. The Kier molecular flexibility index (Phi) is 3.19. The lowest BCUT2D eigenvalue weighted by atomic mass is 10.1. The van der Waals surface area contributed by atoms with Gasteiger partial charge in [0.05, 0.1) is 0 Å². The zero-order valence-corrected chi connectivity index (χ0v) is 9.44. The fraction of sp³-hybridized carbons (Fsp3) is 0.500. The third-order valence-corrected chi connectivity index (χ3v) is 2.83. The third-order valence-electron chi connectivity index (χ3n) is 2.83. The molecule has 1 unspecified atom stereocenters. The summed E-state index contributed by atoms with van der Waals surface area (Å²) < 4.78 is 0. The van der Waals surface area contributed by atoms with Crippen LogP contribution < -0.4 is 11.1 Å². The van der Waals surface area contributed by atoms with E-state index in [9.17, 15) is 4.79 Å². The largest absolute Gasteiger partial charge is 0.327 e. The zero-order valence-electron chi connectivity index (χ0n) is 9.44. The molecule has 4 heteroatoms. The van der Waals surface area contributed by atoms with E-state index in [0.717, 1.165) is 18.4 Å². The van der Waals surface area contributed by atoms with Gasteiger partial charge in [-0.3, -0.25) is 4.79 Å². The third kappa shape index (κ3) is 3.03. The molecule has 1 saturated carbocycles. The highest BCUT2D eigenvalue weighted by molar-refractivity contribution is 5.90.